The van der Waals surface area contributed by atoms with Crippen molar-refractivity contribution in [2.75, 3.05) is 13.1 Å². The zero-order chi connectivity index (χ0) is 14.4. The molecule has 0 aliphatic heterocycles. The highest BCUT2D eigenvalue weighted by molar-refractivity contribution is 5.80. The van der Waals surface area contributed by atoms with E-state index in [2.05, 4.69) is 0 Å². The van der Waals surface area contributed by atoms with E-state index in [1.807, 2.05) is 39.0 Å². The van der Waals surface area contributed by atoms with Crippen molar-refractivity contribution in [3.8, 4) is 5.75 Å². The van der Waals surface area contributed by atoms with Gasteiger partial charge in [0.2, 0.25) is 0 Å². The lowest BCUT2D eigenvalue weighted by molar-refractivity contribution is -0.137. The van der Waals surface area contributed by atoms with Crippen molar-refractivity contribution in [3.63, 3.8) is 0 Å². The molecule has 1 rings (SSSR count). The molecule has 0 saturated heterocycles. The number of carbonyl (C=O) groups excluding carboxylic acids is 1. The number of amides is 1. The number of likely N-dealkylation sites (N-methyl/N-ethyl adjacent to an activating group) is 1. The number of para-hydroxylation sites is 1. The van der Waals surface area contributed by atoms with Crippen molar-refractivity contribution in [3.05, 3.63) is 29.3 Å². The summed E-state index contributed by atoms with van der Waals surface area (Å²) in [5.41, 5.74) is 7.64. The summed E-state index contributed by atoms with van der Waals surface area (Å²) in [6, 6.07) is 5.83. The van der Waals surface area contributed by atoms with Crippen LogP contribution in [0.15, 0.2) is 18.2 Å². The second kappa shape index (κ2) is 7.14. The van der Waals surface area contributed by atoms with Crippen molar-refractivity contribution >= 4 is 5.91 Å². The first-order chi connectivity index (χ1) is 9.04. The normalized spacial score (nSPS) is 12.1. The average molecular weight is 264 g/mol. The van der Waals surface area contributed by atoms with Gasteiger partial charge < -0.3 is 15.4 Å². The van der Waals surface area contributed by atoms with Crippen LogP contribution >= 0.6 is 0 Å². The largest absolute Gasteiger partial charge is 0.480 e. The Balaban J connectivity index is 2.87. The van der Waals surface area contributed by atoms with Gasteiger partial charge in [-0.25, -0.2) is 0 Å². The van der Waals surface area contributed by atoms with Crippen LogP contribution in [0.2, 0.25) is 0 Å². The van der Waals surface area contributed by atoms with Crippen LogP contribution in [-0.4, -0.2) is 30.0 Å². The summed E-state index contributed by atoms with van der Waals surface area (Å²) >= 11 is 0. The zero-order valence-corrected chi connectivity index (χ0v) is 12.3. The molecule has 4 heteroatoms. The van der Waals surface area contributed by atoms with Gasteiger partial charge in [-0.3, -0.25) is 4.79 Å². The third kappa shape index (κ3) is 3.70. The zero-order valence-electron chi connectivity index (χ0n) is 12.3. The predicted molar refractivity (Wildman–Crippen MR) is 77.1 cm³/mol. The summed E-state index contributed by atoms with van der Waals surface area (Å²) < 4.78 is 5.84. The van der Waals surface area contributed by atoms with E-state index in [1.165, 1.54) is 0 Å². The maximum absolute atomic E-state index is 12.2. The monoisotopic (exact) mass is 264 g/mol. The Morgan fingerprint density at radius 1 is 1.37 bits per heavy atom. The number of nitrogens with zero attached hydrogens (tertiary/aromatic N) is 1. The molecule has 0 bridgehead atoms. The van der Waals surface area contributed by atoms with Gasteiger partial charge in [-0.1, -0.05) is 18.2 Å². The highest BCUT2D eigenvalue weighted by Gasteiger charge is 2.21. The number of rotatable bonds is 6. The van der Waals surface area contributed by atoms with Crippen LogP contribution in [0.25, 0.3) is 0 Å². The lowest BCUT2D eigenvalue weighted by Crippen LogP contribution is -2.40. The Bertz CT molecular complexity index is 428. The van der Waals surface area contributed by atoms with Gasteiger partial charge in [0.15, 0.2) is 6.10 Å². The summed E-state index contributed by atoms with van der Waals surface area (Å²) in [4.78, 5) is 14.0. The van der Waals surface area contributed by atoms with Crippen molar-refractivity contribution in [1.29, 1.82) is 0 Å². The van der Waals surface area contributed by atoms with E-state index >= 15 is 0 Å². The minimum absolute atomic E-state index is 0.0104. The van der Waals surface area contributed by atoms with Crippen LogP contribution in [0.5, 0.6) is 5.75 Å². The molecule has 0 spiro atoms. The van der Waals surface area contributed by atoms with Gasteiger partial charge in [-0.2, -0.15) is 0 Å². The minimum Gasteiger partial charge on any atom is -0.480 e. The number of benzene rings is 1. The molecule has 0 radical (unpaired) electrons. The van der Waals surface area contributed by atoms with Crippen molar-refractivity contribution < 1.29 is 9.53 Å². The summed E-state index contributed by atoms with van der Waals surface area (Å²) in [7, 11) is 0. The van der Waals surface area contributed by atoms with Crippen LogP contribution in [0.1, 0.15) is 31.9 Å². The van der Waals surface area contributed by atoms with E-state index in [-0.39, 0.29) is 5.91 Å². The fraction of sp³-hybridized carbons (Fsp3) is 0.533. The molecule has 0 fully saturated rings. The smallest absolute Gasteiger partial charge is 0.263 e. The van der Waals surface area contributed by atoms with Gasteiger partial charge in [-0.15, -0.1) is 0 Å². The Kier molecular flexibility index (Phi) is 5.83. The minimum atomic E-state index is -0.494. The van der Waals surface area contributed by atoms with Gasteiger partial charge in [0.05, 0.1) is 0 Å². The summed E-state index contributed by atoms with van der Waals surface area (Å²) in [6.07, 6.45) is -0.494. The van der Waals surface area contributed by atoms with Crippen LogP contribution in [0, 0.1) is 6.92 Å². The molecule has 0 heterocycles. The van der Waals surface area contributed by atoms with Crippen LogP contribution in [-0.2, 0) is 11.3 Å². The number of nitrogens with two attached hydrogens (primary N) is 1. The number of ether oxygens (including phenoxy) is 1. The van der Waals surface area contributed by atoms with E-state index in [9.17, 15) is 4.79 Å². The Hall–Kier alpha value is -1.55. The second-order valence-corrected chi connectivity index (χ2v) is 4.54. The molecule has 2 N–H and O–H groups in total. The average Bonchev–Trinajstić information content (AvgIpc) is 2.42. The molecule has 0 aliphatic rings. The molecule has 106 valence electrons. The molecule has 1 atom stereocenters. The third-order valence-corrected chi connectivity index (χ3v) is 3.23. The van der Waals surface area contributed by atoms with E-state index in [4.69, 9.17) is 10.5 Å². The molecule has 1 aromatic carbocycles. The first-order valence-electron chi connectivity index (χ1n) is 6.79. The molecule has 0 saturated carbocycles. The number of hydrogen-bond donors (Lipinski definition) is 1. The Morgan fingerprint density at radius 2 is 2.00 bits per heavy atom. The first kappa shape index (κ1) is 15.5. The van der Waals surface area contributed by atoms with Gasteiger partial charge in [0.1, 0.15) is 5.75 Å². The van der Waals surface area contributed by atoms with E-state index < -0.39 is 6.10 Å². The topological polar surface area (TPSA) is 55.6 Å². The standard InChI is InChI=1S/C15H24N2O2/c1-5-17(6-2)15(18)12(4)19-14-11(3)8-7-9-13(14)10-16/h7-9,12H,5-6,10,16H2,1-4H3. The highest BCUT2D eigenvalue weighted by atomic mass is 16.5. The molecule has 19 heavy (non-hydrogen) atoms. The van der Waals surface area contributed by atoms with Crippen LogP contribution in [0.3, 0.4) is 0 Å². The molecule has 1 amide bonds. The van der Waals surface area contributed by atoms with Gasteiger partial charge >= 0.3 is 0 Å². The number of aryl methyl sites for hydroxylation is 1. The van der Waals surface area contributed by atoms with Crippen molar-refractivity contribution in [2.45, 2.75) is 40.3 Å². The Morgan fingerprint density at radius 3 is 2.53 bits per heavy atom. The van der Waals surface area contributed by atoms with Gasteiger partial charge in [0, 0.05) is 25.2 Å². The first-order valence-corrected chi connectivity index (χ1v) is 6.79. The fourth-order valence-corrected chi connectivity index (χ4v) is 2.06. The number of carbonyl (C=O) groups is 1. The van der Waals surface area contributed by atoms with E-state index in [0.717, 1.165) is 16.9 Å². The lowest BCUT2D eigenvalue weighted by atomic mass is 10.1. The number of hydrogen-bond acceptors (Lipinski definition) is 3. The van der Waals surface area contributed by atoms with Gasteiger partial charge in [0.25, 0.3) is 5.91 Å². The maximum atomic E-state index is 12.2. The molecule has 1 unspecified atom stereocenters. The molecular weight excluding hydrogens is 240 g/mol. The SMILES string of the molecule is CCN(CC)C(=O)C(C)Oc1c(C)cccc1CN. The molecule has 0 aliphatic carbocycles. The van der Waals surface area contributed by atoms with E-state index in [1.54, 1.807) is 11.8 Å². The third-order valence-electron chi connectivity index (χ3n) is 3.23. The highest BCUT2D eigenvalue weighted by Crippen LogP contribution is 2.24. The molecular formula is C15H24N2O2. The second-order valence-electron chi connectivity index (χ2n) is 4.54. The maximum Gasteiger partial charge on any atom is 0.263 e. The van der Waals surface area contributed by atoms with E-state index in [0.29, 0.717) is 19.6 Å². The summed E-state index contributed by atoms with van der Waals surface area (Å²) in [6.45, 7) is 9.47. The summed E-state index contributed by atoms with van der Waals surface area (Å²) in [5, 5.41) is 0. The van der Waals surface area contributed by atoms with Crippen LogP contribution < -0.4 is 10.5 Å². The molecule has 0 aromatic heterocycles. The van der Waals surface area contributed by atoms with Gasteiger partial charge in [-0.05, 0) is 33.3 Å². The quantitative estimate of drug-likeness (QED) is 0.856. The lowest BCUT2D eigenvalue weighted by Gasteiger charge is -2.24. The van der Waals surface area contributed by atoms with Crippen molar-refractivity contribution in [1.82, 2.24) is 4.90 Å². The molecule has 1 aromatic rings. The predicted octanol–water partition coefficient (Wildman–Crippen LogP) is 2.09. The fourth-order valence-electron chi connectivity index (χ4n) is 2.06. The summed E-state index contributed by atoms with van der Waals surface area (Å²) in [5.74, 6) is 0.745. The van der Waals surface area contributed by atoms with Crippen LogP contribution in [0.4, 0.5) is 0 Å². The molecule has 4 nitrogen and oxygen atoms in total. The Labute approximate surface area is 115 Å². The van der Waals surface area contributed by atoms with Crippen molar-refractivity contribution in [2.24, 2.45) is 5.73 Å².